The molecule has 0 saturated carbocycles. The van der Waals surface area contributed by atoms with Gasteiger partial charge in [-0.25, -0.2) is 0 Å². The predicted molar refractivity (Wildman–Crippen MR) is 259 cm³/mol. The van der Waals surface area contributed by atoms with E-state index in [-0.39, 0.29) is 0 Å². The molecule has 0 N–H and O–H groups in total. The lowest BCUT2D eigenvalue weighted by molar-refractivity contribution is 0.850. The number of anilines is 10. The van der Waals surface area contributed by atoms with Crippen LogP contribution in [-0.4, -0.2) is 0 Å². The van der Waals surface area contributed by atoms with Gasteiger partial charge in [0.1, 0.15) is 0 Å². The molecule has 4 heteroatoms. The van der Waals surface area contributed by atoms with Crippen molar-refractivity contribution in [2.75, 3.05) is 19.6 Å². The molecule has 1 aliphatic carbocycles. The quantitative estimate of drug-likeness (QED) is 0.122. The summed E-state index contributed by atoms with van der Waals surface area (Å²) in [6.07, 6.45) is 6.38. The van der Waals surface area contributed by atoms with Crippen LogP contribution >= 0.6 is 0 Å². The highest BCUT2D eigenvalue weighted by Gasteiger charge is 2.23. The average Bonchev–Trinajstić information content (AvgIpc) is 3.30. The van der Waals surface area contributed by atoms with Crippen LogP contribution in [0.25, 0.3) is 0 Å². The second kappa shape index (κ2) is 17.7. The van der Waals surface area contributed by atoms with Crippen LogP contribution in [-0.2, 0) is 0 Å². The lowest BCUT2D eigenvalue weighted by Gasteiger charge is -2.34. The van der Waals surface area contributed by atoms with Gasteiger partial charge in [-0.3, -0.25) is 0 Å². The monoisotopic (exact) mass is 790 g/mol. The largest absolute Gasteiger partial charge is 0.314 e. The first-order valence-electron chi connectivity index (χ1n) is 21.1. The molecule has 0 saturated heterocycles. The van der Waals surface area contributed by atoms with E-state index in [0.29, 0.717) is 0 Å². The van der Waals surface area contributed by atoms with E-state index in [1.165, 1.54) is 33.8 Å². The highest BCUT2D eigenvalue weighted by molar-refractivity contribution is 5.82. The normalized spacial score (nSPS) is 12.2. The van der Waals surface area contributed by atoms with Gasteiger partial charge < -0.3 is 19.6 Å². The summed E-state index contributed by atoms with van der Waals surface area (Å²) in [4.78, 5) is 9.50. The van der Waals surface area contributed by atoms with Gasteiger partial charge in [0.25, 0.3) is 0 Å². The molecule has 0 amide bonds. The smallest absolute Gasteiger partial charge is 0.0464 e. The van der Waals surface area contributed by atoms with Crippen LogP contribution in [0.15, 0.2) is 236 Å². The van der Waals surface area contributed by atoms with Crippen LogP contribution in [0, 0.1) is 20.8 Å². The van der Waals surface area contributed by atoms with Gasteiger partial charge in [-0.05, 0) is 184 Å². The third-order valence-corrected chi connectivity index (χ3v) is 11.2. The summed E-state index contributed by atoms with van der Waals surface area (Å²) in [5, 5.41) is 0. The van der Waals surface area contributed by atoms with Crippen LogP contribution in [0.2, 0.25) is 0 Å². The van der Waals surface area contributed by atoms with E-state index in [1.807, 2.05) is 0 Å². The summed E-state index contributed by atoms with van der Waals surface area (Å²) >= 11 is 0. The zero-order valence-corrected chi connectivity index (χ0v) is 35.1. The van der Waals surface area contributed by atoms with Crippen molar-refractivity contribution in [1.82, 2.24) is 0 Å². The van der Waals surface area contributed by atoms with Gasteiger partial charge in [-0.1, -0.05) is 91.0 Å². The molecule has 0 atom stereocenters. The molecule has 4 nitrogen and oxygen atoms in total. The second-order valence-electron chi connectivity index (χ2n) is 15.7. The van der Waals surface area contributed by atoms with Crippen molar-refractivity contribution in [3.63, 3.8) is 0 Å². The third kappa shape index (κ3) is 8.62. The Kier molecular flexibility index (Phi) is 11.3. The van der Waals surface area contributed by atoms with Crippen LogP contribution in [0.5, 0.6) is 0 Å². The first-order chi connectivity index (χ1) is 30.0. The standard InChI is InChI=1S/C57H50N4/c1-43-16-13-25-55(40-43)59(46-19-7-4-8-20-46)52-34-28-49(29-35-52)58(50-30-36-53(37-31-50)60(47-21-9-5-10-22-47)56-26-14-17-44(2)41-56)51-32-38-54(39-33-51)61(48-23-11-6-12-24-48)57-27-15-18-45(3)42-57/h4-32,34-38,40-42H,33,39H2,1-3H3. The Hall–Kier alpha value is -7.56. The molecular weight excluding hydrogens is 741 g/mol. The Morgan fingerprint density at radius 1 is 0.246 bits per heavy atom. The van der Waals surface area contributed by atoms with E-state index in [9.17, 15) is 0 Å². The summed E-state index contributed by atoms with van der Waals surface area (Å²) in [5.74, 6) is 0. The Labute approximate surface area is 361 Å². The summed E-state index contributed by atoms with van der Waals surface area (Å²) < 4.78 is 0. The van der Waals surface area contributed by atoms with Gasteiger partial charge in [0, 0.05) is 68.3 Å². The molecule has 0 aromatic heterocycles. The molecule has 0 heterocycles. The number of hydrogen-bond acceptors (Lipinski definition) is 4. The molecule has 0 fully saturated rings. The number of benzene rings is 8. The number of para-hydroxylation sites is 3. The fraction of sp³-hybridized carbons (Fsp3) is 0.0877. The molecular formula is C57H50N4. The highest BCUT2D eigenvalue weighted by Crippen LogP contribution is 2.42. The van der Waals surface area contributed by atoms with E-state index >= 15 is 0 Å². The number of aryl methyl sites for hydroxylation is 3. The van der Waals surface area contributed by atoms with Gasteiger partial charge in [0.05, 0.1) is 0 Å². The third-order valence-electron chi connectivity index (χ3n) is 11.2. The zero-order chi connectivity index (χ0) is 41.5. The molecule has 9 rings (SSSR count). The maximum atomic E-state index is 2.43. The van der Waals surface area contributed by atoms with Crippen LogP contribution in [0.4, 0.5) is 56.9 Å². The number of rotatable bonds is 12. The van der Waals surface area contributed by atoms with Crippen molar-refractivity contribution in [3.8, 4) is 0 Å². The van der Waals surface area contributed by atoms with Crippen LogP contribution in [0.3, 0.4) is 0 Å². The van der Waals surface area contributed by atoms with Crippen molar-refractivity contribution in [2.45, 2.75) is 33.6 Å². The maximum absolute atomic E-state index is 2.43. The fourth-order valence-electron chi connectivity index (χ4n) is 8.38. The molecule has 0 bridgehead atoms. The van der Waals surface area contributed by atoms with Crippen molar-refractivity contribution >= 4 is 56.9 Å². The van der Waals surface area contributed by atoms with Gasteiger partial charge in [-0.15, -0.1) is 0 Å². The molecule has 8 aromatic rings. The fourth-order valence-corrected chi connectivity index (χ4v) is 8.38. The molecule has 61 heavy (non-hydrogen) atoms. The Balaban J connectivity index is 1.13. The van der Waals surface area contributed by atoms with Gasteiger partial charge in [0.15, 0.2) is 0 Å². The Morgan fingerprint density at radius 3 is 0.803 bits per heavy atom. The molecule has 8 aromatic carbocycles. The molecule has 0 spiro atoms. The summed E-state index contributed by atoms with van der Waals surface area (Å²) in [5.41, 5.74) is 17.4. The van der Waals surface area contributed by atoms with E-state index in [1.54, 1.807) is 0 Å². The van der Waals surface area contributed by atoms with Crippen LogP contribution in [0.1, 0.15) is 29.5 Å². The SMILES string of the molecule is Cc1cccc(N(C2=CC=C(N(c3ccc(N(c4ccccc4)c4cccc(C)c4)cc3)c3ccc(N(c4ccccc4)c4cccc(C)c4)cc3)CC2)c2ccccc2)c1. The average molecular weight is 791 g/mol. The van der Waals surface area contributed by atoms with Gasteiger partial charge >= 0.3 is 0 Å². The van der Waals surface area contributed by atoms with Crippen molar-refractivity contribution in [3.05, 3.63) is 253 Å². The number of allylic oxidation sites excluding steroid dienone is 4. The number of nitrogens with zero attached hydrogens (tertiary/aromatic N) is 4. The lowest BCUT2D eigenvalue weighted by atomic mass is 10.0. The van der Waals surface area contributed by atoms with Crippen LogP contribution < -0.4 is 19.6 Å². The highest BCUT2D eigenvalue weighted by atomic mass is 15.2. The van der Waals surface area contributed by atoms with Gasteiger partial charge in [-0.2, -0.15) is 0 Å². The summed E-state index contributed by atoms with van der Waals surface area (Å²) in [6, 6.07) is 76.2. The second-order valence-corrected chi connectivity index (χ2v) is 15.7. The zero-order valence-electron chi connectivity index (χ0n) is 35.1. The maximum Gasteiger partial charge on any atom is 0.0464 e. The first-order valence-corrected chi connectivity index (χ1v) is 21.1. The topological polar surface area (TPSA) is 13.0 Å². The molecule has 0 radical (unpaired) electrons. The molecule has 0 unspecified atom stereocenters. The molecule has 1 aliphatic rings. The minimum atomic E-state index is 0.864. The van der Waals surface area contributed by atoms with E-state index in [0.717, 1.165) is 64.0 Å². The van der Waals surface area contributed by atoms with E-state index in [4.69, 9.17) is 0 Å². The van der Waals surface area contributed by atoms with Crippen molar-refractivity contribution in [2.24, 2.45) is 0 Å². The Bertz CT molecular complexity index is 2640. The first kappa shape index (κ1) is 38.9. The molecule has 298 valence electrons. The van der Waals surface area contributed by atoms with Crippen molar-refractivity contribution < 1.29 is 0 Å². The van der Waals surface area contributed by atoms with Gasteiger partial charge in [0.2, 0.25) is 0 Å². The minimum absolute atomic E-state index is 0.864. The van der Waals surface area contributed by atoms with E-state index < -0.39 is 0 Å². The Morgan fingerprint density at radius 2 is 0.492 bits per heavy atom. The summed E-state index contributed by atoms with van der Waals surface area (Å²) in [6.45, 7) is 6.46. The summed E-state index contributed by atoms with van der Waals surface area (Å²) in [7, 11) is 0. The van der Waals surface area contributed by atoms with Crippen molar-refractivity contribution in [1.29, 1.82) is 0 Å². The lowest BCUT2D eigenvalue weighted by Crippen LogP contribution is -2.22. The minimum Gasteiger partial charge on any atom is -0.314 e. The molecule has 0 aliphatic heterocycles. The number of hydrogen-bond donors (Lipinski definition) is 0. The van der Waals surface area contributed by atoms with E-state index in [2.05, 4.69) is 265 Å². The predicted octanol–water partition coefficient (Wildman–Crippen LogP) is 16.1.